The third kappa shape index (κ3) is 6.08. The number of thioether (sulfide) groups is 1. The Balaban J connectivity index is 1.42. The molecule has 1 fully saturated rings. The van der Waals surface area contributed by atoms with Gasteiger partial charge in [-0.15, -0.1) is 10.2 Å². The molecule has 1 N–H and O–H groups in total. The second kappa shape index (κ2) is 11.9. The van der Waals surface area contributed by atoms with Crippen molar-refractivity contribution in [2.24, 2.45) is 0 Å². The Labute approximate surface area is 237 Å². The van der Waals surface area contributed by atoms with Gasteiger partial charge in [0.15, 0.2) is 11.0 Å². The molecule has 0 radical (unpaired) electrons. The molecule has 0 unspecified atom stereocenters. The van der Waals surface area contributed by atoms with Gasteiger partial charge in [0, 0.05) is 36.1 Å². The Hall–Kier alpha value is -3.61. The molecule has 208 valence electrons. The number of alkyl halides is 3. The summed E-state index contributed by atoms with van der Waals surface area (Å²) in [5.41, 5.74) is 2.05. The highest BCUT2D eigenvalue weighted by molar-refractivity contribution is 7.99. The van der Waals surface area contributed by atoms with Gasteiger partial charge in [-0.05, 0) is 55.0 Å². The van der Waals surface area contributed by atoms with Crippen LogP contribution in [0, 0.1) is 6.92 Å². The molecule has 0 saturated carbocycles. The largest absolute Gasteiger partial charge is 0.416 e. The van der Waals surface area contributed by atoms with Crippen molar-refractivity contribution in [3.63, 3.8) is 0 Å². The zero-order valence-electron chi connectivity index (χ0n) is 21.3. The van der Waals surface area contributed by atoms with E-state index in [1.165, 1.54) is 6.07 Å². The maximum atomic E-state index is 13.5. The third-order valence-electron chi connectivity index (χ3n) is 6.33. The summed E-state index contributed by atoms with van der Waals surface area (Å²) in [5.74, 6) is -0.0720. The summed E-state index contributed by atoms with van der Waals surface area (Å²) in [4.78, 5) is 19.0. The van der Waals surface area contributed by atoms with Crippen LogP contribution >= 0.6 is 23.4 Å². The molecule has 0 bridgehead atoms. The Morgan fingerprint density at radius 3 is 2.55 bits per heavy atom. The minimum absolute atomic E-state index is 0.0898. The Morgan fingerprint density at radius 1 is 1.07 bits per heavy atom. The van der Waals surface area contributed by atoms with Crippen molar-refractivity contribution in [3.8, 4) is 17.1 Å². The van der Waals surface area contributed by atoms with Crippen molar-refractivity contribution < 1.29 is 22.7 Å². The predicted octanol–water partition coefficient (Wildman–Crippen LogP) is 5.88. The number of ether oxygens (including phenoxy) is 1. The Kier molecular flexibility index (Phi) is 8.29. The second-order valence-corrected chi connectivity index (χ2v) is 10.3. The average molecular weight is 589 g/mol. The summed E-state index contributed by atoms with van der Waals surface area (Å²) in [6.07, 6.45) is -1.27. The molecular formula is C27H24ClF3N6O2S. The summed E-state index contributed by atoms with van der Waals surface area (Å²) >= 11 is 7.51. The van der Waals surface area contributed by atoms with Gasteiger partial charge in [0.2, 0.25) is 5.91 Å². The van der Waals surface area contributed by atoms with Gasteiger partial charge in [0.1, 0.15) is 0 Å². The molecular weight excluding hydrogens is 565 g/mol. The number of anilines is 2. The van der Waals surface area contributed by atoms with Crippen LogP contribution in [0.2, 0.25) is 5.02 Å². The number of rotatable bonds is 7. The van der Waals surface area contributed by atoms with Crippen molar-refractivity contribution in [1.29, 1.82) is 0 Å². The van der Waals surface area contributed by atoms with Gasteiger partial charge in [0.05, 0.1) is 41.6 Å². The van der Waals surface area contributed by atoms with Crippen LogP contribution < -0.4 is 10.2 Å². The van der Waals surface area contributed by atoms with E-state index in [4.69, 9.17) is 16.3 Å². The van der Waals surface area contributed by atoms with E-state index in [9.17, 15) is 18.0 Å². The predicted molar refractivity (Wildman–Crippen MR) is 148 cm³/mol. The number of nitrogens with one attached hydrogen (secondary N) is 1. The third-order valence-corrected chi connectivity index (χ3v) is 7.67. The SMILES string of the molecule is Cc1c(Cl)cccc1-n1c(SCC(=O)Nc2cc(C(F)(F)F)ccc2N2CCOCC2)nnc1-c1ccncc1. The summed E-state index contributed by atoms with van der Waals surface area (Å²) < 4.78 is 47.6. The van der Waals surface area contributed by atoms with E-state index < -0.39 is 17.6 Å². The number of nitrogens with zero attached hydrogens (tertiary/aromatic N) is 5. The number of carbonyl (C=O) groups excluding carboxylic acids is 1. The number of benzene rings is 2. The molecule has 1 amide bonds. The van der Waals surface area contributed by atoms with E-state index in [2.05, 4.69) is 20.5 Å². The van der Waals surface area contributed by atoms with Crippen LogP contribution in [0.3, 0.4) is 0 Å². The molecule has 5 rings (SSSR count). The maximum absolute atomic E-state index is 13.5. The fraction of sp³-hybridized carbons (Fsp3) is 0.259. The van der Waals surface area contributed by atoms with E-state index >= 15 is 0 Å². The van der Waals surface area contributed by atoms with Gasteiger partial charge in [-0.2, -0.15) is 13.2 Å². The topological polar surface area (TPSA) is 85.2 Å². The van der Waals surface area contributed by atoms with Crippen molar-refractivity contribution in [3.05, 3.63) is 77.1 Å². The van der Waals surface area contributed by atoms with Gasteiger partial charge in [-0.1, -0.05) is 29.4 Å². The van der Waals surface area contributed by atoms with Crippen LogP contribution in [0.25, 0.3) is 17.1 Å². The van der Waals surface area contributed by atoms with Crippen LogP contribution in [0.5, 0.6) is 0 Å². The monoisotopic (exact) mass is 588 g/mol. The Bertz CT molecular complexity index is 1510. The fourth-order valence-corrected chi connectivity index (χ4v) is 5.23. The lowest BCUT2D eigenvalue weighted by molar-refractivity contribution is -0.137. The standard InChI is InChI=1S/C27H24ClF3N6O2S/c1-17-20(28)3-2-4-22(17)37-25(18-7-9-32-10-8-18)34-35-26(37)40-16-24(38)33-21-15-19(27(29,30)31)5-6-23(21)36-11-13-39-14-12-36/h2-10,15H,11-14,16H2,1H3,(H,33,38). The number of amides is 1. The van der Waals surface area contributed by atoms with Crippen molar-refractivity contribution in [1.82, 2.24) is 19.7 Å². The molecule has 0 atom stereocenters. The van der Waals surface area contributed by atoms with Crippen molar-refractivity contribution >= 4 is 40.6 Å². The quantitative estimate of drug-likeness (QED) is 0.270. The summed E-state index contributed by atoms with van der Waals surface area (Å²) in [7, 11) is 0. The lowest BCUT2D eigenvalue weighted by atomic mass is 10.1. The zero-order valence-corrected chi connectivity index (χ0v) is 22.9. The summed E-state index contributed by atoms with van der Waals surface area (Å²) in [6, 6.07) is 12.4. The molecule has 13 heteroatoms. The van der Waals surface area contributed by atoms with Crippen LogP contribution in [-0.4, -0.2) is 57.7 Å². The number of aromatic nitrogens is 4. The first-order valence-electron chi connectivity index (χ1n) is 12.3. The van der Waals surface area contributed by atoms with Crippen LogP contribution in [0.1, 0.15) is 11.1 Å². The van der Waals surface area contributed by atoms with Crippen molar-refractivity contribution in [2.45, 2.75) is 18.3 Å². The lowest BCUT2D eigenvalue weighted by Crippen LogP contribution is -2.37. The molecule has 1 aliphatic rings. The molecule has 3 heterocycles. The summed E-state index contributed by atoms with van der Waals surface area (Å²) in [6.45, 7) is 3.77. The average Bonchev–Trinajstić information content (AvgIpc) is 3.37. The fourth-order valence-electron chi connectivity index (χ4n) is 4.32. The molecule has 2 aromatic carbocycles. The van der Waals surface area contributed by atoms with Gasteiger partial charge in [-0.25, -0.2) is 0 Å². The molecule has 4 aromatic rings. The molecule has 1 aliphatic heterocycles. The van der Waals surface area contributed by atoms with Gasteiger partial charge in [0.25, 0.3) is 0 Å². The number of hydrogen-bond acceptors (Lipinski definition) is 7. The first-order chi connectivity index (χ1) is 19.2. The van der Waals surface area contributed by atoms with Crippen LogP contribution in [0.15, 0.2) is 66.1 Å². The Morgan fingerprint density at radius 2 is 1.82 bits per heavy atom. The smallest absolute Gasteiger partial charge is 0.378 e. The second-order valence-electron chi connectivity index (χ2n) is 8.93. The summed E-state index contributed by atoms with van der Waals surface area (Å²) in [5, 5.41) is 12.3. The first kappa shape index (κ1) is 27.9. The first-order valence-corrected chi connectivity index (χ1v) is 13.7. The maximum Gasteiger partial charge on any atom is 0.416 e. The number of morpholine rings is 1. The molecule has 40 heavy (non-hydrogen) atoms. The number of halogens is 4. The highest BCUT2D eigenvalue weighted by Crippen LogP contribution is 2.36. The van der Waals surface area contributed by atoms with E-state index in [1.54, 1.807) is 35.2 Å². The molecule has 8 nitrogen and oxygen atoms in total. The molecule has 0 spiro atoms. The molecule has 0 aliphatic carbocycles. The highest BCUT2D eigenvalue weighted by atomic mass is 35.5. The van der Waals surface area contributed by atoms with E-state index in [0.717, 1.165) is 40.7 Å². The van der Waals surface area contributed by atoms with E-state index in [0.29, 0.717) is 48.0 Å². The number of hydrogen-bond donors (Lipinski definition) is 1. The lowest BCUT2D eigenvalue weighted by Gasteiger charge is -2.31. The van der Waals surface area contributed by atoms with Crippen LogP contribution in [-0.2, 0) is 15.7 Å². The molecule has 2 aromatic heterocycles. The van der Waals surface area contributed by atoms with Crippen molar-refractivity contribution in [2.75, 3.05) is 42.3 Å². The molecule has 1 saturated heterocycles. The number of carbonyl (C=O) groups is 1. The van der Waals surface area contributed by atoms with E-state index in [-0.39, 0.29) is 11.4 Å². The van der Waals surface area contributed by atoms with Gasteiger partial charge in [-0.3, -0.25) is 14.3 Å². The van der Waals surface area contributed by atoms with Crippen LogP contribution in [0.4, 0.5) is 24.5 Å². The normalized spacial score (nSPS) is 13.9. The minimum atomic E-state index is -4.55. The van der Waals surface area contributed by atoms with Gasteiger partial charge < -0.3 is 15.0 Å². The number of pyridine rings is 1. The zero-order chi connectivity index (χ0) is 28.3. The van der Waals surface area contributed by atoms with E-state index in [1.807, 2.05) is 24.0 Å². The van der Waals surface area contributed by atoms with Gasteiger partial charge >= 0.3 is 6.18 Å². The highest BCUT2D eigenvalue weighted by Gasteiger charge is 2.32. The minimum Gasteiger partial charge on any atom is -0.378 e.